The topological polar surface area (TPSA) is 91.8 Å². The molecule has 0 aliphatic carbocycles. The van der Waals surface area contributed by atoms with Gasteiger partial charge in [-0.25, -0.2) is 4.79 Å². The second kappa shape index (κ2) is 9.15. The van der Waals surface area contributed by atoms with Crippen molar-refractivity contribution >= 4 is 33.9 Å². The molecule has 0 saturated heterocycles. The number of aromatic nitrogens is 3. The van der Waals surface area contributed by atoms with Gasteiger partial charge in [0, 0.05) is 23.6 Å². The average Bonchev–Trinajstić information content (AvgIpc) is 3.24. The van der Waals surface area contributed by atoms with Gasteiger partial charge in [0.25, 0.3) is 0 Å². The molecule has 1 atom stereocenters. The van der Waals surface area contributed by atoms with Gasteiger partial charge < -0.3 is 10.6 Å². The Balaban J connectivity index is 1.32. The standard InChI is InChI=1S/C22H20N6OS/c1-15(16-7-3-2-4-8-16)24-17-10-12-18(13-11-17)25-21(29)26-22-28-27-20(30-22)19-9-5-6-14-23-19/h2-15,24H,1H3,(H2,25,26,28,29). The molecule has 0 aliphatic heterocycles. The van der Waals surface area contributed by atoms with Crippen LogP contribution in [-0.4, -0.2) is 21.2 Å². The van der Waals surface area contributed by atoms with Crippen LogP contribution in [0.3, 0.4) is 0 Å². The highest BCUT2D eigenvalue weighted by molar-refractivity contribution is 7.18. The van der Waals surface area contributed by atoms with Crippen molar-refractivity contribution in [2.75, 3.05) is 16.0 Å². The minimum absolute atomic E-state index is 0.180. The molecule has 150 valence electrons. The third-order valence-electron chi connectivity index (χ3n) is 4.35. The summed E-state index contributed by atoms with van der Waals surface area (Å²) in [5, 5.41) is 18.1. The third-order valence-corrected chi connectivity index (χ3v) is 5.22. The Morgan fingerprint density at radius 3 is 2.33 bits per heavy atom. The van der Waals surface area contributed by atoms with Crippen molar-refractivity contribution in [3.05, 3.63) is 84.6 Å². The number of urea groups is 1. The van der Waals surface area contributed by atoms with Gasteiger partial charge in [0.05, 0.1) is 0 Å². The molecule has 0 saturated carbocycles. The number of nitrogens with zero attached hydrogens (tertiary/aromatic N) is 3. The van der Waals surface area contributed by atoms with Crippen molar-refractivity contribution in [2.45, 2.75) is 13.0 Å². The zero-order chi connectivity index (χ0) is 20.8. The highest BCUT2D eigenvalue weighted by Crippen LogP contribution is 2.25. The van der Waals surface area contributed by atoms with Crippen molar-refractivity contribution in [1.29, 1.82) is 0 Å². The minimum Gasteiger partial charge on any atom is -0.379 e. The van der Waals surface area contributed by atoms with E-state index >= 15 is 0 Å². The molecule has 4 rings (SSSR count). The third kappa shape index (κ3) is 4.98. The number of hydrogen-bond donors (Lipinski definition) is 3. The number of pyridine rings is 1. The molecular weight excluding hydrogens is 396 g/mol. The highest BCUT2D eigenvalue weighted by atomic mass is 32.1. The van der Waals surface area contributed by atoms with E-state index in [1.807, 2.05) is 60.7 Å². The molecule has 3 N–H and O–H groups in total. The van der Waals surface area contributed by atoms with Gasteiger partial charge >= 0.3 is 6.03 Å². The van der Waals surface area contributed by atoms with Crippen LogP contribution in [0.2, 0.25) is 0 Å². The van der Waals surface area contributed by atoms with Gasteiger partial charge in [0.2, 0.25) is 5.13 Å². The molecule has 0 aliphatic rings. The van der Waals surface area contributed by atoms with E-state index in [0.29, 0.717) is 15.8 Å². The monoisotopic (exact) mass is 416 g/mol. The second-order valence-electron chi connectivity index (χ2n) is 6.56. The largest absolute Gasteiger partial charge is 0.379 e. The van der Waals surface area contributed by atoms with Crippen LogP contribution in [0, 0.1) is 0 Å². The smallest absolute Gasteiger partial charge is 0.325 e. The molecule has 7 nitrogen and oxygen atoms in total. The van der Waals surface area contributed by atoms with E-state index in [1.54, 1.807) is 6.20 Å². The zero-order valence-electron chi connectivity index (χ0n) is 16.2. The molecule has 8 heteroatoms. The van der Waals surface area contributed by atoms with Gasteiger partial charge in [-0.3, -0.25) is 10.3 Å². The molecule has 2 amide bonds. The van der Waals surface area contributed by atoms with Crippen LogP contribution < -0.4 is 16.0 Å². The fourth-order valence-electron chi connectivity index (χ4n) is 2.85. The summed E-state index contributed by atoms with van der Waals surface area (Å²) in [4.78, 5) is 16.5. The van der Waals surface area contributed by atoms with E-state index in [-0.39, 0.29) is 12.1 Å². The second-order valence-corrected chi connectivity index (χ2v) is 7.54. The molecule has 0 fully saturated rings. The van der Waals surface area contributed by atoms with Crippen LogP contribution in [0.15, 0.2) is 79.0 Å². The maximum Gasteiger partial charge on any atom is 0.325 e. The molecule has 0 bridgehead atoms. The molecule has 4 aromatic rings. The summed E-state index contributed by atoms with van der Waals surface area (Å²) in [6, 6.07) is 23.1. The van der Waals surface area contributed by atoms with Gasteiger partial charge in [-0.2, -0.15) is 0 Å². The Hall–Kier alpha value is -3.78. The predicted octanol–water partition coefficient (Wildman–Crippen LogP) is 5.42. The maximum absolute atomic E-state index is 12.3. The molecule has 30 heavy (non-hydrogen) atoms. The van der Waals surface area contributed by atoms with Crippen LogP contribution in [0.25, 0.3) is 10.7 Å². The Morgan fingerprint density at radius 1 is 0.867 bits per heavy atom. The first kappa shape index (κ1) is 19.5. The molecule has 0 radical (unpaired) electrons. The van der Waals surface area contributed by atoms with Crippen LogP contribution in [0.5, 0.6) is 0 Å². The Morgan fingerprint density at radius 2 is 1.60 bits per heavy atom. The fraction of sp³-hybridized carbons (Fsp3) is 0.0909. The normalized spacial score (nSPS) is 11.5. The lowest BCUT2D eigenvalue weighted by Gasteiger charge is -2.16. The lowest BCUT2D eigenvalue weighted by atomic mass is 10.1. The molecule has 1 unspecified atom stereocenters. The zero-order valence-corrected chi connectivity index (χ0v) is 17.1. The number of nitrogens with one attached hydrogen (secondary N) is 3. The lowest BCUT2D eigenvalue weighted by Crippen LogP contribution is -2.19. The minimum atomic E-state index is -0.378. The lowest BCUT2D eigenvalue weighted by molar-refractivity contribution is 0.262. The van der Waals surface area contributed by atoms with E-state index in [4.69, 9.17) is 0 Å². The summed E-state index contributed by atoms with van der Waals surface area (Å²) >= 11 is 1.27. The van der Waals surface area contributed by atoms with Crippen LogP contribution in [0.1, 0.15) is 18.5 Å². The van der Waals surface area contributed by atoms with Crippen LogP contribution in [-0.2, 0) is 0 Å². The molecule has 2 heterocycles. The Labute approximate surface area is 178 Å². The summed E-state index contributed by atoms with van der Waals surface area (Å²) < 4.78 is 0. The summed E-state index contributed by atoms with van der Waals surface area (Å²) in [5.74, 6) is 0. The number of benzene rings is 2. The van der Waals surface area contributed by atoms with Gasteiger partial charge in [0.1, 0.15) is 5.69 Å². The van der Waals surface area contributed by atoms with Gasteiger partial charge in [-0.05, 0) is 48.9 Å². The molecular formula is C22H20N6OS. The predicted molar refractivity (Wildman–Crippen MR) is 121 cm³/mol. The van der Waals surface area contributed by atoms with E-state index in [2.05, 4.69) is 50.2 Å². The first-order chi connectivity index (χ1) is 14.7. The average molecular weight is 417 g/mol. The van der Waals surface area contributed by atoms with Crippen LogP contribution in [0.4, 0.5) is 21.3 Å². The first-order valence-corrected chi connectivity index (χ1v) is 10.2. The number of amides is 2. The quantitative estimate of drug-likeness (QED) is 0.390. The van der Waals surface area contributed by atoms with Crippen molar-refractivity contribution in [3.63, 3.8) is 0 Å². The Kier molecular flexibility index (Phi) is 5.95. The summed E-state index contributed by atoms with van der Waals surface area (Å²) in [6.45, 7) is 2.11. The number of hydrogen-bond acceptors (Lipinski definition) is 6. The van der Waals surface area contributed by atoms with E-state index < -0.39 is 0 Å². The van der Waals surface area contributed by atoms with Crippen molar-refractivity contribution < 1.29 is 4.79 Å². The number of carbonyl (C=O) groups excluding carboxylic acids is 1. The number of carbonyl (C=O) groups is 1. The van der Waals surface area contributed by atoms with Crippen molar-refractivity contribution in [2.24, 2.45) is 0 Å². The van der Waals surface area contributed by atoms with Gasteiger partial charge in [-0.15, -0.1) is 10.2 Å². The summed E-state index contributed by atoms with van der Waals surface area (Å²) in [6.07, 6.45) is 1.69. The van der Waals surface area contributed by atoms with Gasteiger partial charge in [0.15, 0.2) is 5.01 Å². The van der Waals surface area contributed by atoms with E-state index in [0.717, 1.165) is 11.4 Å². The molecule has 0 spiro atoms. The summed E-state index contributed by atoms with van der Waals surface area (Å²) in [5.41, 5.74) is 3.58. The van der Waals surface area contributed by atoms with Crippen molar-refractivity contribution in [1.82, 2.24) is 15.2 Å². The first-order valence-electron chi connectivity index (χ1n) is 9.42. The van der Waals surface area contributed by atoms with Crippen molar-refractivity contribution in [3.8, 4) is 10.7 Å². The maximum atomic E-state index is 12.3. The number of rotatable bonds is 6. The SMILES string of the molecule is CC(Nc1ccc(NC(=O)Nc2nnc(-c3ccccn3)s2)cc1)c1ccccc1. The molecule has 2 aromatic carbocycles. The highest BCUT2D eigenvalue weighted by Gasteiger charge is 2.11. The Bertz CT molecular complexity index is 1100. The van der Waals surface area contributed by atoms with Crippen LogP contribution >= 0.6 is 11.3 Å². The fourth-order valence-corrected chi connectivity index (χ4v) is 3.57. The van der Waals surface area contributed by atoms with E-state index in [1.165, 1.54) is 16.9 Å². The number of anilines is 3. The van der Waals surface area contributed by atoms with E-state index in [9.17, 15) is 4.79 Å². The molecule has 2 aromatic heterocycles. The summed E-state index contributed by atoms with van der Waals surface area (Å²) in [7, 11) is 0. The van der Waals surface area contributed by atoms with Gasteiger partial charge in [-0.1, -0.05) is 47.7 Å².